The lowest BCUT2D eigenvalue weighted by molar-refractivity contribution is -0.140. The molecule has 1 saturated heterocycles. The molecule has 8 heteroatoms. The van der Waals surface area contributed by atoms with Gasteiger partial charge in [-0.25, -0.2) is 8.42 Å². The fourth-order valence-electron chi connectivity index (χ4n) is 3.25. The number of piperidine rings is 1. The number of rotatable bonds is 6. The number of hydrogen-bond acceptors (Lipinski definition) is 6. The SMILES string of the molecule is COc1ccccc1OC(=O)C1CCN(S(=O)(=O)c2cccc(C(C)=O)c2)CC1. The van der Waals surface area contributed by atoms with Gasteiger partial charge in [0.05, 0.1) is 17.9 Å². The number of hydrogen-bond donors (Lipinski definition) is 0. The van der Waals surface area contributed by atoms with E-state index in [2.05, 4.69) is 0 Å². The molecule has 1 aliphatic rings. The largest absolute Gasteiger partial charge is 0.493 e. The number of carbonyl (C=O) groups excluding carboxylic acids is 2. The number of ether oxygens (including phenoxy) is 2. The van der Waals surface area contributed by atoms with E-state index in [0.717, 1.165) is 0 Å². The molecule has 1 heterocycles. The van der Waals surface area contributed by atoms with Crippen molar-refractivity contribution < 1.29 is 27.5 Å². The summed E-state index contributed by atoms with van der Waals surface area (Å²) in [5.74, 6) is -0.179. The van der Waals surface area contributed by atoms with Crippen molar-refractivity contribution in [2.24, 2.45) is 5.92 Å². The average Bonchev–Trinajstić information content (AvgIpc) is 2.74. The maximum absolute atomic E-state index is 12.9. The molecule has 0 atom stereocenters. The Morgan fingerprint density at radius 1 is 1.00 bits per heavy atom. The number of Topliss-reactive ketones (excluding diaryl/α,β-unsaturated/α-hetero) is 1. The van der Waals surface area contributed by atoms with E-state index in [1.807, 2.05) is 0 Å². The molecule has 2 aromatic carbocycles. The van der Waals surface area contributed by atoms with Crippen LogP contribution in [0.5, 0.6) is 11.5 Å². The Balaban J connectivity index is 1.66. The van der Waals surface area contributed by atoms with Crippen molar-refractivity contribution in [2.75, 3.05) is 20.2 Å². The Morgan fingerprint density at radius 3 is 2.28 bits per heavy atom. The van der Waals surface area contributed by atoms with Gasteiger partial charge in [0.25, 0.3) is 0 Å². The molecule has 1 aliphatic heterocycles. The van der Waals surface area contributed by atoms with Gasteiger partial charge in [0.15, 0.2) is 17.3 Å². The number of benzene rings is 2. The molecule has 0 saturated carbocycles. The van der Waals surface area contributed by atoms with Crippen molar-refractivity contribution in [3.05, 3.63) is 54.1 Å². The molecular weight excluding hydrogens is 394 g/mol. The van der Waals surface area contributed by atoms with Gasteiger partial charge in [0.2, 0.25) is 10.0 Å². The van der Waals surface area contributed by atoms with Crippen molar-refractivity contribution in [2.45, 2.75) is 24.7 Å². The summed E-state index contributed by atoms with van der Waals surface area (Å²) in [6.07, 6.45) is 0.721. The Hall–Kier alpha value is -2.71. The normalized spacial score (nSPS) is 15.7. The third-order valence-electron chi connectivity index (χ3n) is 4.95. The van der Waals surface area contributed by atoms with Gasteiger partial charge in [-0.3, -0.25) is 9.59 Å². The van der Waals surface area contributed by atoms with Crippen LogP contribution >= 0.6 is 0 Å². The summed E-state index contributed by atoms with van der Waals surface area (Å²) in [7, 11) is -2.23. The topological polar surface area (TPSA) is 90.0 Å². The number of nitrogens with zero attached hydrogens (tertiary/aromatic N) is 1. The summed E-state index contributed by atoms with van der Waals surface area (Å²) in [6.45, 7) is 1.81. The molecule has 7 nitrogen and oxygen atoms in total. The summed E-state index contributed by atoms with van der Waals surface area (Å²) in [6, 6.07) is 12.9. The minimum absolute atomic E-state index is 0.0836. The zero-order chi connectivity index (χ0) is 21.0. The predicted molar refractivity (Wildman–Crippen MR) is 107 cm³/mol. The summed E-state index contributed by atoms with van der Waals surface area (Å²) in [5, 5.41) is 0. The summed E-state index contributed by atoms with van der Waals surface area (Å²) < 4.78 is 37.8. The highest BCUT2D eigenvalue weighted by atomic mass is 32.2. The zero-order valence-electron chi connectivity index (χ0n) is 16.3. The van der Waals surface area contributed by atoms with E-state index in [4.69, 9.17) is 9.47 Å². The standard InChI is InChI=1S/C21H23NO6S/c1-15(23)17-6-5-7-18(14-17)29(25,26)22-12-10-16(11-13-22)21(24)28-20-9-4-3-8-19(20)27-2/h3-9,14,16H,10-13H2,1-2H3. The Bertz CT molecular complexity index is 1010. The molecule has 0 aromatic heterocycles. The second-order valence-electron chi connectivity index (χ2n) is 6.83. The maximum atomic E-state index is 12.9. The summed E-state index contributed by atoms with van der Waals surface area (Å²) in [4.78, 5) is 24.1. The van der Waals surface area contributed by atoms with E-state index < -0.39 is 21.9 Å². The van der Waals surface area contributed by atoms with Crippen LogP contribution < -0.4 is 9.47 Å². The van der Waals surface area contributed by atoms with Crippen molar-refractivity contribution >= 4 is 21.8 Å². The number of carbonyl (C=O) groups is 2. The first-order valence-corrected chi connectivity index (χ1v) is 10.7. The first-order valence-electron chi connectivity index (χ1n) is 9.29. The third-order valence-corrected chi connectivity index (χ3v) is 6.84. The third kappa shape index (κ3) is 4.65. The van der Waals surface area contributed by atoms with Gasteiger partial charge in [0.1, 0.15) is 0 Å². The molecule has 0 aliphatic carbocycles. The molecule has 0 amide bonds. The van der Waals surface area contributed by atoms with Crippen LogP contribution in [0.15, 0.2) is 53.4 Å². The average molecular weight is 417 g/mol. The second-order valence-corrected chi connectivity index (χ2v) is 8.77. The number of ketones is 1. The minimum Gasteiger partial charge on any atom is -0.493 e. The molecule has 0 radical (unpaired) electrons. The van der Waals surface area contributed by atoms with Crippen LogP contribution in [0.25, 0.3) is 0 Å². The minimum atomic E-state index is -3.73. The fraction of sp³-hybridized carbons (Fsp3) is 0.333. The molecule has 2 aromatic rings. The quantitative estimate of drug-likeness (QED) is 0.408. The first-order chi connectivity index (χ1) is 13.8. The van der Waals surface area contributed by atoms with Crippen LogP contribution in [-0.2, 0) is 14.8 Å². The van der Waals surface area contributed by atoms with E-state index in [9.17, 15) is 18.0 Å². The zero-order valence-corrected chi connectivity index (χ0v) is 17.1. The van der Waals surface area contributed by atoms with Gasteiger partial charge in [0, 0.05) is 18.7 Å². The smallest absolute Gasteiger partial charge is 0.314 e. The van der Waals surface area contributed by atoms with Crippen LogP contribution in [0.2, 0.25) is 0 Å². The van der Waals surface area contributed by atoms with Crippen LogP contribution in [0.4, 0.5) is 0 Å². The van der Waals surface area contributed by atoms with Gasteiger partial charge >= 0.3 is 5.97 Å². The van der Waals surface area contributed by atoms with Crippen molar-refractivity contribution in [3.63, 3.8) is 0 Å². The summed E-state index contributed by atoms with van der Waals surface area (Å²) in [5.41, 5.74) is 0.348. The first kappa shape index (κ1) is 21.0. The maximum Gasteiger partial charge on any atom is 0.314 e. The van der Waals surface area contributed by atoms with Crippen LogP contribution in [0.3, 0.4) is 0 Å². The molecule has 0 spiro atoms. The van der Waals surface area contributed by atoms with Crippen molar-refractivity contribution in [1.82, 2.24) is 4.31 Å². The van der Waals surface area contributed by atoms with Gasteiger partial charge in [-0.15, -0.1) is 0 Å². The van der Waals surface area contributed by atoms with Gasteiger partial charge in [-0.05, 0) is 44.0 Å². The second kappa shape index (κ2) is 8.75. The van der Waals surface area contributed by atoms with Gasteiger partial charge in [-0.1, -0.05) is 24.3 Å². The van der Waals surface area contributed by atoms with Crippen molar-refractivity contribution in [3.8, 4) is 11.5 Å². The lowest BCUT2D eigenvalue weighted by atomic mass is 9.98. The number of methoxy groups -OCH3 is 1. The van der Waals surface area contributed by atoms with E-state index in [1.54, 1.807) is 36.4 Å². The lowest BCUT2D eigenvalue weighted by Crippen LogP contribution is -2.41. The van der Waals surface area contributed by atoms with E-state index >= 15 is 0 Å². The Morgan fingerprint density at radius 2 is 1.66 bits per heavy atom. The highest BCUT2D eigenvalue weighted by Crippen LogP contribution is 2.29. The molecule has 29 heavy (non-hydrogen) atoms. The number of esters is 1. The highest BCUT2D eigenvalue weighted by Gasteiger charge is 2.33. The molecule has 0 bridgehead atoms. The number of sulfonamides is 1. The lowest BCUT2D eigenvalue weighted by Gasteiger charge is -2.30. The monoisotopic (exact) mass is 417 g/mol. The predicted octanol–water partition coefficient (Wildman–Crippen LogP) is 2.90. The number of para-hydroxylation sites is 2. The Kier molecular flexibility index (Phi) is 6.34. The molecule has 0 unspecified atom stereocenters. The molecule has 0 N–H and O–H groups in total. The van der Waals surface area contributed by atoms with Crippen LogP contribution in [0.1, 0.15) is 30.1 Å². The molecular formula is C21H23NO6S. The van der Waals surface area contributed by atoms with E-state index in [0.29, 0.717) is 29.9 Å². The molecule has 154 valence electrons. The van der Waals surface area contributed by atoms with E-state index in [-0.39, 0.29) is 23.8 Å². The summed E-state index contributed by atoms with van der Waals surface area (Å²) >= 11 is 0. The Labute approximate surface area is 170 Å². The fourth-order valence-corrected chi connectivity index (χ4v) is 4.77. The molecule has 1 fully saturated rings. The van der Waals surface area contributed by atoms with Gasteiger partial charge in [-0.2, -0.15) is 4.31 Å². The van der Waals surface area contributed by atoms with E-state index in [1.165, 1.54) is 30.5 Å². The van der Waals surface area contributed by atoms with Crippen LogP contribution in [-0.4, -0.2) is 44.7 Å². The van der Waals surface area contributed by atoms with Gasteiger partial charge < -0.3 is 9.47 Å². The molecule has 3 rings (SSSR count). The highest BCUT2D eigenvalue weighted by molar-refractivity contribution is 7.89. The van der Waals surface area contributed by atoms with Crippen molar-refractivity contribution in [1.29, 1.82) is 0 Å². The van der Waals surface area contributed by atoms with Crippen LogP contribution in [0, 0.1) is 5.92 Å².